The summed E-state index contributed by atoms with van der Waals surface area (Å²) in [4.78, 5) is 25.0. The number of hydrogen-bond donors (Lipinski definition) is 1. The molecule has 1 N–H and O–H groups in total. The molecule has 0 unspecified atom stereocenters. The van der Waals surface area contributed by atoms with Crippen LogP contribution in [0.2, 0.25) is 0 Å². The van der Waals surface area contributed by atoms with Crippen LogP contribution in [0.5, 0.6) is 0 Å². The van der Waals surface area contributed by atoms with Gasteiger partial charge in [-0.3, -0.25) is 9.59 Å². The van der Waals surface area contributed by atoms with E-state index >= 15 is 0 Å². The van der Waals surface area contributed by atoms with Crippen molar-refractivity contribution in [1.29, 1.82) is 0 Å². The highest BCUT2D eigenvalue weighted by atomic mass is 79.9. The number of halogens is 1. The molecule has 1 aromatic carbocycles. The highest BCUT2D eigenvalue weighted by molar-refractivity contribution is 9.10. The first kappa shape index (κ1) is 13.1. The predicted octanol–water partition coefficient (Wildman–Crippen LogP) is 2.39. The minimum atomic E-state index is -0.843. The third-order valence-electron chi connectivity index (χ3n) is 3.38. The zero-order valence-corrected chi connectivity index (χ0v) is 11.6. The fourth-order valence-electron chi connectivity index (χ4n) is 2.11. The second-order valence-corrected chi connectivity index (χ2v) is 5.68. The number of aliphatic carboxylic acids is 1. The predicted molar refractivity (Wildman–Crippen MR) is 70.4 cm³/mol. The lowest BCUT2D eigenvalue weighted by molar-refractivity contribution is -0.147. The van der Waals surface area contributed by atoms with E-state index in [9.17, 15) is 9.59 Å². The van der Waals surface area contributed by atoms with Crippen LogP contribution in [0, 0.1) is 5.41 Å². The van der Waals surface area contributed by atoms with Crippen LogP contribution in [0.3, 0.4) is 0 Å². The molecule has 1 amide bonds. The Kier molecular flexibility index (Phi) is 3.43. The first-order valence-electron chi connectivity index (χ1n) is 5.71. The van der Waals surface area contributed by atoms with E-state index in [0.717, 1.165) is 4.47 Å². The molecule has 96 valence electrons. The molecule has 0 bridgehead atoms. The Morgan fingerprint density at radius 2 is 2.06 bits per heavy atom. The Labute approximate surface area is 114 Å². The first-order valence-corrected chi connectivity index (χ1v) is 6.50. The van der Waals surface area contributed by atoms with E-state index in [1.807, 2.05) is 6.07 Å². The van der Waals surface area contributed by atoms with Crippen LogP contribution in [0.1, 0.15) is 23.7 Å². The molecule has 0 radical (unpaired) electrons. The number of carbonyl (C=O) groups excluding carboxylic acids is 1. The van der Waals surface area contributed by atoms with Gasteiger partial charge < -0.3 is 10.0 Å². The summed E-state index contributed by atoms with van der Waals surface area (Å²) in [6, 6.07) is 7.18. The number of carboxylic acids is 1. The van der Waals surface area contributed by atoms with Crippen LogP contribution >= 0.6 is 15.9 Å². The maximum Gasteiger partial charge on any atom is 0.311 e. The fourth-order valence-corrected chi connectivity index (χ4v) is 2.57. The van der Waals surface area contributed by atoms with Crippen LogP contribution in [0.4, 0.5) is 0 Å². The summed E-state index contributed by atoms with van der Waals surface area (Å²) in [6.45, 7) is 2.44. The Morgan fingerprint density at radius 3 is 2.61 bits per heavy atom. The lowest BCUT2D eigenvalue weighted by Gasteiger charge is -2.20. The van der Waals surface area contributed by atoms with Gasteiger partial charge in [0, 0.05) is 17.6 Å². The number of rotatable bonds is 2. The van der Waals surface area contributed by atoms with Gasteiger partial charge >= 0.3 is 5.97 Å². The molecule has 18 heavy (non-hydrogen) atoms. The van der Waals surface area contributed by atoms with Crippen LogP contribution in [0.15, 0.2) is 28.7 Å². The molecular formula is C13H14BrNO3. The van der Waals surface area contributed by atoms with Crippen molar-refractivity contribution in [3.05, 3.63) is 34.3 Å². The van der Waals surface area contributed by atoms with Gasteiger partial charge in [0.2, 0.25) is 0 Å². The lowest BCUT2D eigenvalue weighted by atomic mass is 9.90. The van der Waals surface area contributed by atoms with Gasteiger partial charge in [0.1, 0.15) is 0 Å². The fraction of sp³-hybridized carbons (Fsp3) is 0.385. The van der Waals surface area contributed by atoms with Gasteiger partial charge in [0.25, 0.3) is 5.91 Å². The first-order chi connectivity index (χ1) is 8.44. The number of hydrogen-bond acceptors (Lipinski definition) is 2. The molecule has 0 saturated carbocycles. The molecular weight excluding hydrogens is 298 g/mol. The molecule has 1 fully saturated rings. The van der Waals surface area contributed by atoms with Gasteiger partial charge in [0.05, 0.1) is 11.0 Å². The number of nitrogens with zero attached hydrogens (tertiary/aromatic N) is 1. The number of benzene rings is 1. The van der Waals surface area contributed by atoms with Gasteiger partial charge in [0.15, 0.2) is 0 Å². The zero-order valence-electron chi connectivity index (χ0n) is 10.0. The summed E-state index contributed by atoms with van der Waals surface area (Å²) in [6.07, 6.45) is 0.499. The standard InChI is InChI=1S/C13H14BrNO3/c1-13(12(17)18)6-7-15(8-13)11(16)9-4-2-3-5-10(9)14/h2-5H,6-8H2,1H3,(H,17,18)/t13-/m1/s1. The molecule has 5 heteroatoms. The average molecular weight is 312 g/mol. The van der Waals surface area contributed by atoms with Crippen molar-refractivity contribution in [2.24, 2.45) is 5.41 Å². The van der Waals surface area contributed by atoms with E-state index in [-0.39, 0.29) is 12.5 Å². The Hall–Kier alpha value is -1.36. The Bertz CT molecular complexity index is 503. The van der Waals surface area contributed by atoms with Crippen molar-refractivity contribution in [3.63, 3.8) is 0 Å². The highest BCUT2D eigenvalue weighted by Crippen LogP contribution is 2.31. The van der Waals surface area contributed by atoms with Crippen molar-refractivity contribution in [1.82, 2.24) is 4.90 Å². The number of likely N-dealkylation sites (tertiary alicyclic amines) is 1. The smallest absolute Gasteiger partial charge is 0.311 e. The summed E-state index contributed by atoms with van der Waals surface area (Å²) >= 11 is 3.34. The van der Waals surface area contributed by atoms with Gasteiger partial charge in [-0.05, 0) is 41.4 Å². The van der Waals surface area contributed by atoms with Crippen LogP contribution in [-0.2, 0) is 4.79 Å². The van der Waals surface area contributed by atoms with E-state index in [1.54, 1.807) is 30.0 Å². The third kappa shape index (κ3) is 2.27. The lowest BCUT2D eigenvalue weighted by Crippen LogP contribution is -2.35. The maximum atomic E-state index is 12.3. The van der Waals surface area contributed by atoms with Crippen LogP contribution < -0.4 is 0 Å². The van der Waals surface area contributed by atoms with Gasteiger partial charge in [-0.25, -0.2) is 0 Å². The van der Waals surface area contributed by atoms with Crippen molar-refractivity contribution < 1.29 is 14.7 Å². The molecule has 0 aromatic heterocycles. The monoisotopic (exact) mass is 311 g/mol. The molecule has 0 spiro atoms. The SMILES string of the molecule is C[C@@]1(C(=O)O)CCN(C(=O)c2ccccc2Br)C1. The Balaban J connectivity index is 2.18. The van der Waals surface area contributed by atoms with E-state index < -0.39 is 11.4 Å². The van der Waals surface area contributed by atoms with Crippen LogP contribution in [0.25, 0.3) is 0 Å². The van der Waals surface area contributed by atoms with E-state index in [4.69, 9.17) is 5.11 Å². The zero-order chi connectivity index (χ0) is 13.3. The average Bonchev–Trinajstić information content (AvgIpc) is 2.73. The number of carbonyl (C=O) groups is 2. The third-order valence-corrected chi connectivity index (χ3v) is 4.07. The topological polar surface area (TPSA) is 57.6 Å². The van der Waals surface area contributed by atoms with Gasteiger partial charge in [-0.15, -0.1) is 0 Å². The number of amides is 1. The van der Waals surface area contributed by atoms with E-state index in [1.165, 1.54) is 0 Å². The summed E-state index contributed by atoms with van der Waals surface area (Å²) in [7, 11) is 0. The van der Waals surface area contributed by atoms with Crippen LogP contribution in [-0.4, -0.2) is 35.0 Å². The minimum Gasteiger partial charge on any atom is -0.481 e. The summed E-state index contributed by atoms with van der Waals surface area (Å²) in [5, 5.41) is 9.15. The molecule has 0 aliphatic carbocycles. The van der Waals surface area contributed by atoms with Crippen molar-refractivity contribution in [2.75, 3.05) is 13.1 Å². The second-order valence-electron chi connectivity index (χ2n) is 4.82. The molecule has 1 saturated heterocycles. The van der Waals surface area contributed by atoms with Crippen molar-refractivity contribution in [3.8, 4) is 0 Å². The molecule has 2 rings (SSSR count). The normalized spacial score (nSPS) is 23.1. The number of carboxylic acid groups (broad SMARTS) is 1. The highest BCUT2D eigenvalue weighted by Gasteiger charge is 2.42. The summed E-state index contributed by atoms with van der Waals surface area (Å²) in [5.74, 6) is -0.961. The summed E-state index contributed by atoms with van der Waals surface area (Å²) in [5.41, 5.74) is -0.246. The Morgan fingerprint density at radius 1 is 1.39 bits per heavy atom. The summed E-state index contributed by atoms with van der Waals surface area (Å²) < 4.78 is 0.735. The van der Waals surface area contributed by atoms with Gasteiger partial charge in [-0.1, -0.05) is 12.1 Å². The minimum absolute atomic E-state index is 0.118. The largest absolute Gasteiger partial charge is 0.481 e. The van der Waals surface area contributed by atoms with E-state index in [0.29, 0.717) is 18.5 Å². The van der Waals surface area contributed by atoms with Crippen molar-refractivity contribution in [2.45, 2.75) is 13.3 Å². The van der Waals surface area contributed by atoms with Crippen molar-refractivity contribution >= 4 is 27.8 Å². The quantitative estimate of drug-likeness (QED) is 0.912. The van der Waals surface area contributed by atoms with Gasteiger partial charge in [-0.2, -0.15) is 0 Å². The molecule has 1 aliphatic heterocycles. The molecule has 1 atom stereocenters. The molecule has 4 nitrogen and oxygen atoms in total. The maximum absolute atomic E-state index is 12.3. The van der Waals surface area contributed by atoms with E-state index in [2.05, 4.69) is 15.9 Å². The molecule has 1 aliphatic rings. The second kappa shape index (κ2) is 4.72. The molecule has 1 heterocycles. The molecule has 1 aromatic rings.